The van der Waals surface area contributed by atoms with Crippen LogP contribution in [-0.2, 0) is 14.4 Å². The van der Waals surface area contributed by atoms with Crippen molar-refractivity contribution in [2.24, 2.45) is 0 Å². The van der Waals surface area contributed by atoms with Crippen molar-refractivity contribution in [3.63, 3.8) is 0 Å². The quantitative estimate of drug-likeness (QED) is 0.778. The van der Waals surface area contributed by atoms with Crippen molar-refractivity contribution in [1.29, 1.82) is 0 Å². The zero-order chi connectivity index (χ0) is 19.1. The van der Waals surface area contributed by atoms with E-state index in [0.29, 0.717) is 17.9 Å². The molecule has 1 aliphatic heterocycles. The molecule has 1 aromatic carbocycles. The number of anilines is 2. The van der Waals surface area contributed by atoms with E-state index in [1.165, 1.54) is 6.92 Å². The summed E-state index contributed by atoms with van der Waals surface area (Å²) in [4.78, 5) is 39.7. The van der Waals surface area contributed by atoms with Gasteiger partial charge in [-0.05, 0) is 50.6 Å². The van der Waals surface area contributed by atoms with Gasteiger partial charge in [0.15, 0.2) is 0 Å². The number of nitrogens with zero attached hydrogens (tertiary/aromatic N) is 2. The third-order valence-corrected chi connectivity index (χ3v) is 4.56. The largest absolute Gasteiger partial charge is 0.341 e. The maximum Gasteiger partial charge on any atom is 0.239 e. The van der Waals surface area contributed by atoms with Crippen LogP contribution in [0.2, 0.25) is 0 Å². The van der Waals surface area contributed by atoms with E-state index in [9.17, 15) is 14.4 Å². The van der Waals surface area contributed by atoms with E-state index in [-0.39, 0.29) is 30.3 Å². The summed E-state index contributed by atoms with van der Waals surface area (Å²) in [6.45, 7) is 7.66. The fourth-order valence-corrected chi connectivity index (χ4v) is 3.11. The lowest BCUT2D eigenvalue weighted by molar-refractivity contribution is -0.135. The first-order valence-electron chi connectivity index (χ1n) is 9.11. The van der Waals surface area contributed by atoms with Crippen molar-refractivity contribution in [2.75, 3.05) is 36.8 Å². The SMILES string of the molecule is CCN(CC(=O)Nc1ccc(NC(C)=O)cc1)C(C)C(=O)N1CCCC1. The van der Waals surface area contributed by atoms with Crippen LogP contribution in [0.25, 0.3) is 0 Å². The van der Waals surface area contributed by atoms with Crippen LogP contribution in [0.5, 0.6) is 0 Å². The van der Waals surface area contributed by atoms with E-state index in [4.69, 9.17) is 0 Å². The molecule has 1 saturated heterocycles. The molecular formula is C19H28N4O3. The van der Waals surface area contributed by atoms with Gasteiger partial charge in [-0.25, -0.2) is 0 Å². The number of amides is 3. The Morgan fingerprint density at radius 1 is 1.08 bits per heavy atom. The number of likely N-dealkylation sites (tertiary alicyclic amines) is 1. The highest BCUT2D eigenvalue weighted by molar-refractivity contribution is 5.93. The summed E-state index contributed by atoms with van der Waals surface area (Å²) >= 11 is 0. The van der Waals surface area contributed by atoms with E-state index >= 15 is 0 Å². The number of carbonyl (C=O) groups excluding carboxylic acids is 3. The Morgan fingerprint density at radius 2 is 1.62 bits per heavy atom. The number of rotatable bonds is 7. The van der Waals surface area contributed by atoms with Gasteiger partial charge in [0.2, 0.25) is 17.7 Å². The van der Waals surface area contributed by atoms with E-state index in [1.807, 2.05) is 23.6 Å². The van der Waals surface area contributed by atoms with Crippen molar-refractivity contribution in [1.82, 2.24) is 9.80 Å². The van der Waals surface area contributed by atoms with Crippen LogP contribution in [0.15, 0.2) is 24.3 Å². The minimum Gasteiger partial charge on any atom is -0.341 e. The lowest BCUT2D eigenvalue weighted by atomic mass is 10.2. The van der Waals surface area contributed by atoms with Crippen molar-refractivity contribution >= 4 is 29.1 Å². The second kappa shape index (κ2) is 9.33. The normalized spacial score (nSPS) is 15.0. The Hall–Kier alpha value is -2.41. The predicted octanol–water partition coefficient (Wildman–Crippen LogP) is 1.92. The van der Waals surface area contributed by atoms with Crippen LogP contribution in [0.3, 0.4) is 0 Å². The van der Waals surface area contributed by atoms with Gasteiger partial charge in [-0.3, -0.25) is 19.3 Å². The number of likely N-dealkylation sites (N-methyl/N-ethyl adjacent to an activating group) is 1. The Balaban J connectivity index is 1.89. The molecule has 0 saturated carbocycles. The highest BCUT2D eigenvalue weighted by Gasteiger charge is 2.28. The molecule has 7 nitrogen and oxygen atoms in total. The smallest absolute Gasteiger partial charge is 0.239 e. The van der Waals surface area contributed by atoms with Gasteiger partial charge in [-0.1, -0.05) is 6.92 Å². The van der Waals surface area contributed by atoms with Crippen LogP contribution in [0.4, 0.5) is 11.4 Å². The summed E-state index contributed by atoms with van der Waals surface area (Å²) in [6, 6.07) is 6.62. The predicted molar refractivity (Wildman–Crippen MR) is 102 cm³/mol. The molecule has 1 heterocycles. The zero-order valence-corrected chi connectivity index (χ0v) is 15.7. The number of carbonyl (C=O) groups is 3. The van der Waals surface area contributed by atoms with E-state index in [1.54, 1.807) is 24.3 Å². The van der Waals surface area contributed by atoms with E-state index in [2.05, 4.69) is 10.6 Å². The van der Waals surface area contributed by atoms with Gasteiger partial charge < -0.3 is 15.5 Å². The molecule has 2 rings (SSSR count). The Bertz CT molecular complexity index is 639. The van der Waals surface area contributed by atoms with Gasteiger partial charge >= 0.3 is 0 Å². The molecule has 2 N–H and O–H groups in total. The fraction of sp³-hybridized carbons (Fsp3) is 0.526. The number of benzene rings is 1. The van der Waals surface area contributed by atoms with Gasteiger partial charge in [0.25, 0.3) is 0 Å². The van der Waals surface area contributed by atoms with Gasteiger partial charge in [-0.2, -0.15) is 0 Å². The first-order chi connectivity index (χ1) is 12.4. The minimum absolute atomic E-state index is 0.0943. The summed E-state index contributed by atoms with van der Waals surface area (Å²) in [5, 5.41) is 5.51. The van der Waals surface area contributed by atoms with Crippen molar-refractivity contribution in [2.45, 2.75) is 39.7 Å². The molecule has 0 bridgehead atoms. The summed E-state index contributed by atoms with van der Waals surface area (Å²) in [6.07, 6.45) is 2.11. The Labute approximate surface area is 154 Å². The first kappa shape index (κ1) is 19.9. The van der Waals surface area contributed by atoms with Crippen molar-refractivity contribution < 1.29 is 14.4 Å². The molecule has 142 valence electrons. The molecule has 1 unspecified atom stereocenters. The van der Waals surface area contributed by atoms with Gasteiger partial charge in [0.05, 0.1) is 12.6 Å². The standard InChI is InChI=1S/C19H28N4O3/c1-4-22(14(2)19(26)23-11-5-6-12-23)13-18(25)21-17-9-7-16(8-10-17)20-15(3)24/h7-10,14H,4-6,11-13H2,1-3H3,(H,20,24)(H,21,25). The molecule has 0 aliphatic carbocycles. The van der Waals surface area contributed by atoms with E-state index in [0.717, 1.165) is 25.9 Å². The molecule has 1 fully saturated rings. The summed E-state index contributed by atoms with van der Waals surface area (Å²) < 4.78 is 0. The second-order valence-electron chi connectivity index (χ2n) is 6.58. The molecular weight excluding hydrogens is 332 g/mol. The topological polar surface area (TPSA) is 81.8 Å². The number of hydrogen-bond donors (Lipinski definition) is 2. The summed E-state index contributed by atoms with van der Waals surface area (Å²) in [5.74, 6) is -0.214. The van der Waals surface area contributed by atoms with Crippen molar-refractivity contribution in [3.8, 4) is 0 Å². The van der Waals surface area contributed by atoms with Crippen molar-refractivity contribution in [3.05, 3.63) is 24.3 Å². The van der Waals surface area contributed by atoms with Gasteiger partial charge in [-0.15, -0.1) is 0 Å². The molecule has 0 radical (unpaired) electrons. The number of nitrogens with one attached hydrogen (secondary N) is 2. The average Bonchev–Trinajstić information content (AvgIpc) is 3.14. The lowest BCUT2D eigenvalue weighted by Crippen LogP contribution is -2.48. The second-order valence-corrected chi connectivity index (χ2v) is 6.58. The highest BCUT2D eigenvalue weighted by atomic mass is 16.2. The maximum absolute atomic E-state index is 12.5. The Kier molecular flexibility index (Phi) is 7.15. The van der Waals surface area contributed by atoms with Gasteiger partial charge in [0, 0.05) is 31.4 Å². The molecule has 3 amide bonds. The molecule has 0 aromatic heterocycles. The van der Waals surface area contributed by atoms with Crippen LogP contribution in [0.1, 0.15) is 33.6 Å². The third-order valence-electron chi connectivity index (χ3n) is 4.56. The Morgan fingerprint density at radius 3 is 2.12 bits per heavy atom. The highest BCUT2D eigenvalue weighted by Crippen LogP contribution is 2.15. The summed E-state index contributed by atoms with van der Waals surface area (Å²) in [7, 11) is 0. The lowest BCUT2D eigenvalue weighted by Gasteiger charge is -2.29. The molecule has 0 spiro atoms. The monoisotopic (exact) mass is 360 g/mol. The fourth-order valence-electron chi connectivity index (χ4n) is 3.11. The van der Waals surface area contributed by atoms with Crippen LogP contribution < -0.4 is 10.6 Å². The zero-order valence-electron chi connectivity index (χ0n) is 15.7. The maximum atomic E-state index is 12.5. The van der Waals surface area contributed by atoms with Crippen LogP contribution in [0, 0.1) is 0 Å². The van der Waals surface area contributed by atoms with Gasteiger partial charge in [0.1, 0.15) is 0 Å². The molecule has 1 atom stereocenters. The minimum atomic E-state index is -0.314. The summed E-state index contributed by atoms with van der Waals surface area (Å²) in [5.41, 5.74) is 1.33. The molecule has 26 heavy (non-hydrogen) atoms. The van der Waals surface area contributed by atoms with E-state index < -0.39 is 0 Å². The first-order valence-corrected chi connectivity index (χ1v) is 9.11. The molecule has 7 heteroatoms. The number of hydrogen-bond acceptors (Lipinski definition) is 4. The molecule has 1 aliphatic rings. The average molecular weight is 360 g/mol. The van der Waals surface area contributed by atoms with Crippen LogP contribution in [-0.4, -0.2) is 59.7 Å². The van der Waals surface area contributed by atoms with Crippen LogP contribution >= 0.6 is 0 Å². The molecule has 1 aromatic rings. The third kappa shape index (κ3) is 5.56.